The molecule has 2 aromatic carbocycles. The van der Waals surface area contributed by atoms with Crippen LogP contribution in [0.3, 0.4) is 0 Å². The Morgan fingerprint density at radius 3 is 2.59 bits per heavy atom. The summed E-state index contributed by atoms with van der Waals surface area (Å²) in [5, 5.41) is 0. The van der Waals surface area contributed by atoms with E-state index in [0.717, 1.165) is 28.9 Å². The minimum Gasteiger partial charge on any atom is -0.467 e. The van der Waals surface area contributed by atoms with Crippen LogP contribution < -0.4 is 9.62 Å². The van der Waals surface area contributed by atoms with Gasteiger partial charge < -0.3 is 9.32 Å². The Kier molecular flexibility index (Phi) is 5.08. The molecular formula is C20H19BrN2O3S. The number of sulfonamides is 1. The minimum absolute atomic E-state index is 0.214. The summed E-state index contributed by atoms with van der Waals surface area (Å²) in [4.78, 5) is 2.45. The van der Waals surface area contributed by atoms with Crippen LogP contribution in [0.2, 0.25) is 0 Å². The average Bonchev–Trinajstić information content (AvgIpc) is 3.33. The molecule has 140 valence electrons. The van der Waals surface area contributed by atoms with Gasteiger partial charge in [-0.25, -0.2) is 13.1 Å². The molecule has 27 heavy (non-hydrogen) atoms. The van der Waals surface area contributed by atoms with E-state index < -0.39 is 10.0 Å². The molecule has 0 radical (unpaired) electrons. The fourth-order valence-electron chi connectivity index (χ4n) is 3.42. The lowest BCUT2D eigenvalue weighted by Gasteiger charge is -2.29. The SMILES string of the molecule is O=S(=O)(NCC(c1ccco1)N1CCc2ccccc21)c1ccc(Br)cc1. The van der Waals surface area contributed by atoms with Gasteiger partial charge in [-0.3, -0.25) is 0 Å². The van der Waals surface area contributed by atoms with Crippen LogP contribution in [0.25, 0.3) is 0 Å². The van der Waals surface area contributed by atoms with Crippen LogP contribution in [0.15, 0.2) is 80.7 Å². The van der Waals surface area contributed by atoms with Crippen molar-refractivity contribution in [2.45, 2.75) is 17.4 Å². The first kappa shape index (κ1) is 18.3. The first-order chi connectivity index (χ1) is 13.0. The summed E-state index contributed by atoms with van der Waals surface area (Å²) in [5.41, 5.74) is 2.39. The predicted octanol–water partition coefficient (Wildman–Crippen LogP) is 4.12. The second-order valence-corrected chi connectivity index (χ2v) is 9.09. The van der Waals surface area contributed by atoms with Gasteiger partial charge >= 0.3 is 0 Å². The van der Waals surface area contributed by atoms with Crippen LogP contribution in [0.4, 0.5) is 5.69 Å². The van der Waals surface area contributed by atoms with Crippen LogP contribution in [0.1, 0.15) is 17.4 Å². The quantitative estimate of drug-likeness (QED) is 0.618. The number of para-hydroxylation sites is 1. The number of anilines is 1. The highest BCUT2D eigenvalue weighted by Gasteiger charge is 2.30. The van der Waals surface area contributed by atoms with Gasteiger partial charge in [0.15, 0.2) is 0 Å². The number of halogens is 1. The highest BCUT2D eigenvalue weighted by Crippen LogP contribution is 2.35. The Balaban J connectivity index is 1.59. The molecule has 4 rings (SSSR count). The Hall–Kier alpha value is -2.09. The molecule has 2 heterocycles. The molecule has 0 amide bonds. The summed E-state index contributed by atoms with van der Waals surface area (Å²) >= 11 is 3.33. The summed E-state index contributed by atoms with van der Waals surface area (Å²) in [6.45, 7) is 1.05. The number of nitrogens with one attached hydrogen (secondary N) is 1. The number of benzene rings is 2. The largest absolute Gasteiger partial charge is 0.467 e. The van der Waals surface area contributed by atoms with Gasteiger partial charge in [0.25, 0.3) is 0 Å². The number of hydrogen-bond donors (Lipinski definition) is 1. The zero-order chi connectivity index (χ0) is 18.9. The third-order valence-electron chi connectivity index (χ3n) is 4.76. The monoisotopic (exact) mass is 446 g/mol. The van der Waals surface area contributed by atoms with E-state index in [9.17, 15) is 8.42 Å². The summed E-state index contributed by atoms with van der Waals surface area (Å²) in [6.07, 6.45) is 2.56. The molecule has 0 saturated carbocycles. The number of hydrogen-bond acceptors (Lipinski definition) is 4. The third kappa shape index (κ3) is 3.81. The van der Waals surface area contributed by atoms with E-state index in [2.05, 4.69) is 37.7 Å². The van der Waals surface area contributed by atoms with E-state index in [4.69, 9.17) is 4.42 Å². The molecule has 3 aromatic rings. The summed E-state index contributed by atoms with van der Waals surface area (Å²) < 4.78 is 34.6. The molecule has 0 aliphatic carbocycles. The highest BCUT2D eigenvalue weighted by molar-refractivity contribution is 9.10. The molecular weight excluding hydrogens is 428 g/mol. The van der Waals surface area contributed by atoms with Crippen molar-refractivity contribution in [3.8, 4) is 0 Å². The van der Waals surface area contributed by atoms with Crippen LogP contribution in [0.5, 0.6) is 0 Å². The van der Waals surface area contributed by atoms with Crippen molar-refractivity contribution < 1.29 is 12.8 Å². The van der Waals surface area contributed by atoms with Gasteiger partial charge in [-0.15, -0.1) is 0 Å². The maximum Gasteiger partial charge on any atom is 0.240 e. The van der Waals surface area contributed by atoms with Gasteiger partial charge in [-0.05, 0) is 54.4 Å². The highest BCUT2D eigenvalue weighted by atomic mass is 79.9. The van der Waals surface area contributed by atoms with E-state index >= 15 is 0 Å². The second kappa shape index (κ2) is 7.50. The minimum atomic E-state index is -3.61. The Labute approximate surface area is 167 Å². The fourth-order valence-corrected chi connectivity index (χ4v) is 4.72. The van der Waals surface area contributed by atoms with Crippen molar-refractivity contribution in [2.24, 2.45) is 0 Å². The molecule has 1 aliphatic heterocycles. The van der Waals surface area contributed by atoms with Crippen molar-refractivity contribution in [3.63, 3.8) is 0 Å². The van der Waals surface area contributed by atoms with Crippen LogP contribution in [-0.2, 0) is 16.4 Å². The Morgan fingerprint density at radius 2 is 1.85 bits per heavy atom. The van der Waals surface area contributed by atoms with Gasteiger partial charge in [-0.2, -0.15) is 0 Å². The number of rotatable bonds is 6. The van der Waals surface area contributed by atoms with Crippen LogP contribution in [-0.4, -0.2) is 21.5 Å². The summed E-state index contributed by atoms with van der Waals surface area (Å²) in [7, 11) is -3.61. The lowest BCUT2D eigenvalue weighted by Crippen LogP contribution is -2.37. The molecule has 1 aromatic heterocycles. The average molecular weight is 447 g/mol. The number of fused-ring (bicyclic) bond motifs is 1. The Bertz CT molecular complexity index is 1020. The molecule has 0 fully saturated rings. The lowest BCUT2D eigenvalue weighted by molar-refractivity contribution is 0.447. The van der Waals surface area contributed by atoms with Crippen molar-refractivity contribution in [2.75, 3.05) is 18.0 Å². The number of furan rings is 1. The smallest absolute Gasteiger partial charge is 0.240 e. The van der Waals surface area contributed by atoms with E-state index in [-0.39, 0.29) is 17.5 Å². The standard InChI is InChI=1S/C20H19BrN2O3S/c21-16-7-9-17(10-8-16)27(24,25)22-14-19(20-6-3-13-26-20)23-12-11-15-4-1-2-5-18(15)23/h1-10,13,19,22H,11-12,14H2. The molecule has 0 saturated heterocycles. The maximum absolute atomic E-state index is 12.7. The molecule has 1 N–H and O–H groups in total. The fraction of sp³-hybridized carbons (Fsp3) is 0.200. The Morgan fingerprint density at radius 1 is 1.07 bits per heavy atom. The zero-order valence-electron chi connectivity index (χ0n) is 14.5. The van der Waals surface area contributed by atoms with E-state index in [1.54, 1.807) is 30.5 Å². The van der Waals surface area contributed by atoms with Crippen LogP contribution in [0, 0.1) is 0 Å². The molecule has 0 bridgehead atoms. The zero-order valence-corrected chi connectivity index (χ0v) is 16.9. The normalized spacial score (nSPS) is 14.9. The van der Waals surface area contributed by atoms with Gasteiger partial charge in [0, 0.05) is 23.2 Å². The van der Waals surface area contributed by atoms with Crippen molar-refractivity contribution in [1.82, 2.24) is 4.72 Å². The first-order valence-corrected chi connectivity index (χ1v) is 11.0. The van der Waals surface area contributed by atoms with Gasteiger partial charge in [0.05, 0.1) is 11.2 Å². The van der Waals surface area contributed by atoms with Crippen molar-refractivity contribution >= 4 is 31.6 Å². The maximum atomic E-state index is 12.7. The topological polar surface area (TPSA) is 62.6 Å². The summed E-state index contributed by atoms with van der Waals surface area (Å²) in [5.74, 6) is 0.741. The molecule has 0 spiro atoms. The van der Waals surface area contributed by atoms with Crippen LogP contribution >= 0.6 is 15.9 Å². The van der Waals surface area contributed by atoms with Crippen molar-refractivity contribution in [3.05, 3.63) is 82.7 Å². The molecule has 7 heteroatoms. The van der Waals surface area contributed by atoms with Crippen molar-refractivity contribution in [1.29, 1.82) is 0 Å². The first-order valence-electron chi connectivity index (χ1n) is 8.68. The second-order valence-electron chi connectivity index (χ2n) is 6.41. The molecule has 1 aliphatic rings. The van der Waals surface area contributed by atoms with E-state index in [1.165, 1.54) is 5.56 Å². The van der Waals surface area contributed by atoms with E-state index in [0.29, 0.717) is 0 Å². The van der Waals surface area contributed by atoms with Gasteiger partial charge in [0.2, 0.25) is 10.0 Å². The summed E-state index contributed by atoms with van der Waals surface area (Å²) in [6, 6.07) is 18.3. The lowest BCUT2D eigenvalue weighted by atomic mass is 10.1. The predicted molar refractivity (Wildman–Crippen MR) is 108 cm³/mol. The number of nitrogens with zero attached hydrogens (tertiary/aromatic N) is 1. The molecule has 1 atom stereocenters. The van der Waals surface area contributed by atoms with Gasteiger partial charge in [-0.1, -0.05) is 34.1 Å². The third-order valence-corrected chi connectivity index (χ3v) is 6.73. The molecule has 1 unspecified atom stereocenters. The van der Waals surface area contributed by atoms with E-state index in [1.807, 2.05) is 24.3 Å². The molecule has 5 nitrogen and oxygen atoms in total. The van der Waals surface area contributed by atoms with Gasteiger partial charge in [0.1, 0.15) is 11.8 Å².